The van der Waals surface area contributed by atoms with Crippen LogP contribution >= 0.6 is 11.3 Å². The number of hydrogen-bond donors (Lipinski definition) is 0. The first-order chi connectivity index (χ1) is 13.2. The van der Waals surface area contributed by atoms with E-state index >= 15 is 0 Å². The maximum Gasteiger partial charge on any atom is 0.190 e. The van der Waals surface area contributed by atoms with Gasteiger partial charge >= 0.3 is 0 Å². The summed E-state index contributed by atoms with van der Waals surface area (Å²) in [4.78, 5) is 9.34. The summed E-state index contributed by atoms with van der Waals surface area (Å²) < 4.78 is 34.7. The number of furan rings is 1. The SMILES string of the molecule is Fc1ccc(N=c2scc(-c3ccco3)n2CCc2ccccn2)c(F)c1. The smallest absolute Gasteiger partial charge is 0.190 e. The highest BCUT2D eigenvalue weighted by atomic mass is 32.1. The predicted molar refractivity (Wildman–Crippen MR) is 99.5 cm³/mol. The van der Waals surface area contributed by atoms with Crippen molar-refractivity contribution < 1.29 is 13.2 Å². The third-order valence-corrected chi connectivity index (χ3v) is 4.88. The van der Waals surface area contributed by atoms with Crippen molar-refractivity contribution in [1.82, 2.24) is 9.55 Å². The summed E-state index contributed by atoms with van der Waals surface area (Å²) in [5.74, 6) is -0.621. The Morgan fingerprint density at radius 2 is 2.04 bits per heavy atom. The molecule has 3 heterocycles. The molecule has 0 aliphatic rings. The lowest BCUT2D eigenvalue weighted by atomic mass is 10.2. The first-order valence-electron chi connectivity index (χ1n) is 8.32. The molecule has 0 amide bonds. The molecule has 0 unspecified atom stereocenters. The van der Waals surface area contributed by atoms with Crippen molar-refractivity contribution >= 4 is 17.0 Å². The Kier molecular flexibility index (Phi) is 4.93. The van der Waals surface area contributed by atoms with Crippen LogP contribution in [0.4, 0.5) is 14.5 Å². The van der Waals surface area contributed by atoms with Gasteiger partial charge in [0, 0.05) is 36.3 Å². The van der Waals surface area contributed by atoms with Crippen LogP contribution in [0.1, 0.15) is 5.69 Å². The van der Waals surface area contributed by atoms with Gasteiger partial charge in [-0.15, -0.1) is 11.3 Å². The summed E-state index contributed by atoms with van der Waals surface area (Å²) in [5.41, 5.74) is 1.89. The van der Waals surface area contributed by atoms with Gasteiger partial charge in [-0.2, -0.15) is 0 Å². The molecule has 27 heavy (non-hydrogen) atoms. The van der Waals surface area contributed by atoms with Crippen LogP contribution in [0.5, 0.6) is 0 Å². The lowest BCUT2D eigenvalue weighted by Crippen LogP contribution is -2.17. The van der Waals surface area contributed by atoms with Gasteiger partial charge in [-0.25, -0.2) is 13.8 Å². The minimum absolute atomic E-state index is 0.0934. The standard InChI is InChI=1S/C20H15F2N3OS/c21-14-6-7-17(16(22)12-14)24-20-25(10-8-15-4-1-2-9-23-15)18(13-27-20)19-5-3-11-26-19/h1-7,9,11-13H,8,10H2. The molecule has 0 aliphatic heterocycles. The average Bonchev–Trinajstić information content (AvgIpc) is 3.33. The molecule has 1 aromatic carbocycles. The number of hydrogen-bond acceptors (Lipinski definition) is 4. The third-order valence-electron chi connectivity index (χ3n) is 4.01. The van der Waals surface area contributed by atoms with Gasteiger partial charge in [0.25, 0.3) is 0 Å². The van der Waals surface area contributed by atoms with E-state index in [1.165, 1.54) is 23.5 Å². The van der Waals surface area contributed by atoms with Crippen molar-refractivity contribution in [1.29, 1.82) is 0 Å². The lowest BCUT2D eigenvalue weighted by Gasteiger charge is -2.07. The van der Waals surface area contributed by atoms with Crippen molar-refractivity contribution in [3.05, 3.63) is 88.5 Å². The molecular formula is C20H15F2N3OS. The monoisotopic (exact) mass is 383 g/mol. The molecule has 3 aromatic heterocycles. The minimum Gasteiger partial charge on any atom is -0.463 e. The number of nitrogens with zero attached hydrogens (tertiary/aromatic N) is 3. The summed E-state index contributed by atoms with van der Waals surface area (Å²) in [6.07, 6.45) is 4.04. The molecule has 0 atom stereocenters. The second-order valence-electron chi connectivity index (χ2n) is 5.81. The number of pyridine rings is 1. The van der Waals surface area contributed by atoms with Gasteiger partial charge in [-0.05, 0) is 36.4 Å². The molecule has 7 heteroatoms. The fraction of sp³-hybridized carbons (Fsp3) is 0.100. The number of benzene rings is 1. The van der Waals surface area contributed by atoms with Gasteiger partial charge in [-0.3, -0.25) is 4.98 Å². The number of rotatable bonds is 5. The zero-order chi connectivity index (χ0) is 18.6. The first-order valence-corrected chi connectivity index (χ1v) is 9.20. The van der Waals surface area contributed by atoms with Crippen molar-refractivity contribution in [3.63, 3.8) is 0 Å². The summed E-state index contributed by atoms with van der Waals surface area (Å²) in [6.45, 7) is 0.595. The molecule has 4 aromatic rings. The average molecular weight is 383 g/mol. The molecule has 4 rings (SSSR count). The van der Waals surface area contributed by atoms with E-state index in [0.717, 1.165) is 17.5 Å². The van der Waals surface area contributed by atoms with Crippen LogP contribution in [0.25, 0.3) is 11.5 Å². The Morgan fingerprint density at radius 3 is 2.78 bits per heavy atom. The molecule has 0 saturated heterocycles. The molecule has 0 spiro atoms. The van der Waals surface area contributed by atoms with Gasteiger partial charge in [0.1, 0.15) is 11.5 Å². The molecule has 4 nitrogen and oxygen atoms in total. The topological polar surface area (TPSA) is 43.3 Å². The Labute approximate surface area is 158 Å². The molecule has 0 N–H and O–H groups in total. The number of aryl methyl sites for hydroxylation is 1. The van der Waals surface area contributed by atoms with Gasteiger partial charge in [0.15, 0.2) is 16.4 Å². The van der Waals surface area contributed by atoms with E-state index in [1.807, 2.05) is 40.3 Å². The van der Waals surface area contributed by atoms with E-state index in [-0.39, 0.29) is 5.69 Å². The van der Waals surface area contributed by atoms with Crippen LogP contribution in [-0.2, 0) is 13.0 Å². The first kappa shape index (κ1) is 17.4. The van der Waals surface area contributed by atoms with Crippen LogP contribution in [0.15, 0.2) is 75.8 Å². The molecule has 0 saturated carbocycles. The Hall–Kier alpha value is -3.06. The van der Waals surface area contributed by atoms with Gasteiger partial charge < -0.3 is 8.98 Å². The van der Waals surface area contributed by atoms with Crippen LogP contribution in [0, 0.1) is 11.6 Å². The zero-order valence-electron chi connectivity index (χ0n) is 14.2. The Balaban J connectivity index is 1.76. The molecule has 136 valence electrons. The Morgan fingerprint density at radius 1 is 1.11 bits per heavy atom. The predicted octanol–water partition coefficient (Wildman–Crippen LogP) is 4.96. The van der Waals surface area contributed by atoms with E-state index in [1.54, 1.807) is 12.5 Å². The third kappa shape index (κ3) is 3.88. The summed E-state index contributed by atoms with van der Waals surface area (Å²) in [6, 6.07) is 12.8. The quantitative estimate of drug-likeness (QED) is 0.489. The van der Waals surface area contributed by atoms with Crippen LogP contribution in [0.2, 0.25) is 0 Å². The lowest BCUT2D eigenvalue weighted by molar-refractivity contribution is 0.567. The molecule has 0 bridgehead atoms. The van der Waals surface area contributed by atoms with Crippen LogP contribution in [0.3, 0.4) is 0 Å². The highest BCUT2D eigenvalue weighted by Crippen LogP contribution is 2.23. The van der Waals surface area contributed by atoms with E-state index in [9.17, 15) is 8.78 Å². The maximum atomic E-state index is 14.0. The normalized spacial score (nSPS) is 11.9. The van der Waals surface area contributed by atoms with Crippen molar-refractivity contribution in [2.45, 2.75) is 13.0 Å². The van der Waals surface area contributed by atoms with Crippen molar-refractivity contribution in [2.75, 3.05) is 0 Å². The highest BCUT2D eigenvalue weighted by Gasteiger charge is 2.12. The van der Waals surface area contributed by atoms with Gasteiger partial charge in [0.2, 0.25) is 0 Å². The molecule has 0 fully saturated rings. The minimum atomic E-state index is -0.695. The molecule has 0 aliphatic carbocycles. The zero-order valence-corrected chi connectivity index (χ0v) is 15.0. The van der Waals surface area contributed by atoms with Gasteiger partial charge in [-0.1, -0.05) is 6.07 Å². The van der Waals surface area contributed by atoms with E-state index < -0.39 is 11.6 Å². The second-order valence-corrected chi connectivity index (χ2v) is 6.65. The number of thiazole rings is 1. The molecular weight excluding hydrogens is 368 g/mol. The number of halogens is 2. The summed E-state index contributed by atoms with van der Waals surface area (Å²) in [7, 11) is 0. The highest BCUT2D eigenvalue weighted by molar-refractivity contribution is 7.07. The fourth-order valence-electron chi connectivity index (χ4n) is 2.70. The van der Waals surface area contributed by atoms with Crippen molar-refractivity contribution in [3.8, 4) is 11.5 Å². The van der Waals surface area contributed by atoms with Crippen molar-refractivity contribution in [2.24, 2.45) is 4.99 Å². The second kappa shape index (κ2) is 7.67. The number of aromatic nitrogens is 2. The summed E-state index contributed by atoms with van der Waals surface area (Å²) >= 11 is 1.37. The maximum absolute atomic E-state index is 14.0. The fourth-order valence-corrected chi connectivity index (χ4v) is 3.63. The largest absolute Gasteiger partial charge is 0.463 e. The van der Waals surface area contributed by atoms with Crippen LogP contribution < -0.4 is 4.80 Å². The molecule has 0 radical (unpaired) electrons. The summed E-state index contributed by atoms with van der Waals surface area (Å²) in [5, 5.41) is 1.91. The van der Waals surface area contributed by atoms with Gasteiger partial charge in [0.05, 0.1) is 12.0 Å². The van der Waals surface area contributed by atoms with E-state index in [0.29, 0.717) is 23.5 Å². The Bertz CT molecular complexity index is 1100. The van der Waals surface area contributed by atoms with E-state index in [2.05, 4.69) is 9.98 Å². The van der Waals surface area contributed by atoms with E-state index in [4.69, 9.17) is 4.42 Å². The van der Waals surface area contributed by atoms with Crippen LogP contribution in [-0.4, -0.2) is 9.55 Å².